The van der Waals surface area contributed by atoms with Gasteiger partial charge in [0, 0.05) is 5.69 Å². The highest BCUT2D eigenvalue weighted by Gasteiger charge is 2.53. The standard InChI is InChI=1S/C14H15N3O2S2/c1-3-20-13-17-11(15)14(21-13,9(2)18)12(19)16-10-7-5-4-6-8-10/h4-8,15H,3H2,1-2H3,(H,16,19). The van der Waals surface area contributed by atoms with E-state index in [1.165, 1.54) is 18.7 Å². The first-order valence-corrected chi connectivity index (χ1v) is 8.18. The number of carbonyl (C=O) groups is 2. The number of hydrogen-bond acceptors (Lipinski definition) is 5. The predicted molar refractivity (Wildman–Crippen MR) is 89.4 cm³/mol. The average molecular weight is 321 g/mol. The van der Waals surface area contributed by atoms with Crippen molar-refractivity contribution in [2.24, 2.45) is 4.99 Å². The molecule has 0 bridgehead atoms. The molecular weight excluding hydrogens is 306 g/mol. The van der Waals surface area contributed by atoms with Gasteiger partial charge < -0.3 is 5.32 Å². The normalized spacial score (nSPS) is 21.0. The van der Waals surface area contributed by atoms with E-state index in [0.717, 1.165) is 17.5 Å². The van der Waals surface area contributed by atoms with Crippen molar-refractivity contribution in [3.63, 3.8) is 0 Å². The summed E-state index contributed by atoms with van der Waals surface area (Å²) in [4.78, 5) is 28.7. The van der Waals surface area contributed by atoms with Crippen LogP contribution in [0.2, 0.25) is 0 Å². The number of Topliss-reactive ketones (excluding diaryl/α,β-unsaturated/α-hetero) is 1. The molecule has 110 valence electrons. The number of para-hydroxylation sites is 1. The van der Waals surface area contributed by atoms with Crippen LogP contribution in [-0.2, 0) is 9.59 Å². The van der Waals surface area contributed by atoms with Gasteiger partial charge in [-0.1, -0.05) is 48.6 Å². The Labute approximate surface area is 131 Å². The van der Waals surface area contributed by atoms with Gasteiger partial charge in [-0.25, -0.2) is 4.99 Å². The third-order valence-electron chi connectivity index (χ3n) is 2.89. The van der Waals surface area contributed by atoms with Crippen molar-refractivity contribution in [3.05, 3.63) is 30.3 Å². The molecule has 0 saturated heterocycles. The van der Waals surface area contributed by atoms with Gasteiger partial charge in [0.1, 0.15) is 4.38 Å². The van der Waals surface area contributed by atoms with Gasteiger partial charge in [0.15, 0.2) is 11.6 Å². The van der Waals surface area contributed by atoms with E-state index in [1.54, 1.807) is 24.3 Å². The molecule has 0 aromatic heterocycles. The fraction of sp³-hybridized carbons (Fsp3) is 0.286. The number of hydrogen-bond donors (Lipinski definition) is 2. The Morgan fingerprint density at radius 1 is 1.38 bits per heavy atom. The molecular formula is C14H15N3O2S2. The molecule has 1 unspecified atom stereocenters. The molecule has 1 aliphatic rings. The lowest BCUT2D eigenvalue weighted by Crippen LogP contribution is -2.50. The van der Waals surface area contributed by atoms with Crippen LogP contribution in [0.25, 0.3) is 0 Å². The van der Waals surface area contributed by atoms with E-state index in [9.17, 15) is 9.59 Å². The van der Waals surface area contributed by atoms with E-state index in [4.69, 9.17) is 5.41 Å². The summed E-state index contributed by atoms with van der Waals surface area (Å²) in [6, 6.07) is 8.88. The largest absolute Gasteiger partial charge is 0.324 e. The zero-order valence-corrected chi connectivity index (χ0v) is 13.3. The van der Waals surface area contributed by atoms with Gasteiger partial charge in [0.2, 0.25) is 4.75 Å². The molecule has 0 fully saturated rings. The van der Waals surface area contributed by atoms with Gasteiger partial charge in [0.25, 0.3) is 5.91 Å². The van der Waals surface area contributed by atoms with Crippen molar-refractivity contribution < 1.29 is 9.59 Å². The van der Waals surface area contributed by atoms with Crippen molar-refractivity contribution >= 4 is 51.1 Å². The Balaban J connectivity index is 2.26. The van der Waals surface area contributed by atoms with Crippen molar-refractivity contribution in [1.82, 2.24) is 0 Å². The van der Waals surface area contributed by atoms with Gasteiger partial charge in [-0.3, -0.25) is 15.0 Å². The van der Waals surface area contributed by atoms with Crippen molar-refractivity contribution in [3.8, 4) is 0 Å². The number of nitrogens with one attached hydrogen (secondary N) is 2. The Hall–Kier alpha value is -1.60. The molecule has 5 nitrogen and oxygen atoms in total. The van der Waals surface area contributed by atoms with Gasteiger partial charge in [0.05, 0.1) is 0 Å². The van der Waals surface area contributed by atoms with Gasteiger partial charge in [-0.15, -0.1) is 0 Å². The number of benzene rings is 1. The molecule has 0 saturated carbocycles. The maximum Gasteiger partial charge on any atom is 0.256 e. The fourth-order valence-corrected chi connectivity index (χ4v) is 4.05. The maximum absolute atomic E-state index is 12.6. The summed E-state index contributed by atoms with van der Waals surface area (Å²) in [5.41, 5.74) is 0.591. The van der Waals surface area contributed by atoms with Crippen LogP contribution in [0, 0.1) is 5.41 Å². The summed E-state index contributed by atoms with van der Waals surface area (Å²) >= 11 is 2.48. The van der Waals surface area contributed by atoms with Crippen molar-refractivity contribution in [2.45, 2.75) is 18.6 Å². The minimum atomic E-state index is -1.58. The van der Waals surface area contributed by atoms with Crippen LogP contribution in [0.15, 0.2) is 35.3 Å². The number of thioether (sulfide) groups is 2. The van der Waals surface area contributed by atoms with Gasteiger partial charge in [-0.05, 0) is 24.8 Å². The number of rotatable bonds is 4. The number of aliphatic imine (C=N–C) groups is 1. The van der Waals surface area contributed by atoms with Gasteiger partial charge in [-0.2, -0.15) is 0 Å². The third-order valence-corrected chi connectivity index (χ3v) is 5.36. The molecule has 0 aliphatic carbocycles. The highest BCUT2D eigenvalue weighted by atomic mass is 32.2. The summed E-state index contributed by atoms with van der Waals surface area (Å²) < 4.78 is -0.992. The second kappa shape index (κ2) is 6.44. The molecule has 7 heteroatoms. The van der Waals surface area contributed by atoms with Crippen LogP contribution in [0.1, 0.15) is 13.8 Å². The zero-order chi connectivity index (χ0) is 15.5. The lowest BCUT2D eigenvalue weighted by molar-refractivity contribution is -0.125. The highest BCUT2D eigenvalue weighted by Crippen LogP contribution is 2.40. The number of nitrogens with zero attached hydrogens (tertiary/aromatic N) is 1. The van der Waals surface area contributed by atoms with Crippen LogP contribution in [-0.4, -0.2) is 32.4 Å². The third kappa shape index (κ3) is 3.03. The Bertz CT molecular complexity index is 616. The first-order valence-electron chi connectivity index (χ1n) is 6.37. The first-order chi connectivity index (χ1) is 10.0. The van der Waals surface area contributed by atoms with Gasteiger partial charge >= 0.3 is 0 Å². The first kappa shape index (κ1) is 15.8. The van der Waals surface area contributed by atoms with Crippen molar-refractivity contribution in [1.29, 1.82) is 5.41 Å². The summed E-state index contributed by atoms with van der Waals surface area (Å²) in [6.45, 7) is 3.27. The van der Waals surface area contributed by atoms with Crippen LogP contribution < -0.4 is 5.32 Å². The molecule has 1 atom stereocenters. The van der Waals surface area contributed by atoms with E-state index < -0.39 is 10.7 Å². The number of carbonyl (C=O) groups excluding carboxylic acids is 2. The Kier molecular flexibility index (Phi) is 4.84. The van der Waals surface area contributed by atoms with E-state index in [-0.39, 0.29) is 11.6 Å². The highest BCUT2D eigenvalue weighted by molar-refractivity contribution is 8.40. The topological polar surface area (TPSA) is 82.4 Å². The molecule has 1 aliphatic heterocycles. The average Bonchev–Trinajstić information content (AvgIpc) is 2.78. The molecule has 21 heavy (non-hydrogen) atoms. The van der Waals surface area contributed by atoms with E-state index >= 15 is 0 Å². The van der Waals surface area contributed by atoms with Crippen LogP contribution in [0.5, 0.6) is 0 Å². The Morgan fingerprint density at radius 3 is 2.62 bits per heavy atom. The molecule has 0 spiro atoms. The second-order valence-electron chi connectivity index (χ2n) is 4.32. The van der Waals surface area contributed by atoms with Crippen molar-refractivity contribution in [2.75, 3.05) is 11.1 Å². The number of amides is 1. The Morgan fingerprint density at radius 2 is 2.05 bits per heavy atom. The van der Waals surface area contributed by atoms with Crippen LogP contribution >= 0.6 is 23.5 Å². The molecule has 1 amide bonds. The minimum Gasteiger partial charge on any atom is -0.324 e. The second-order valence-corrected chi connectivity index (χ2v) is 7.03. The number of ketones is 1. The summed E-state index contributed by atoms with van der Waals surface area (Å²) in [5.74, 6) is -0.342. The quantitative estimate of drug-likeness (QED) is 0.835. The van der Waals surface area contributed by atoms with Crippen LogP contribution in [0.3, 0.4) is 0 Å². The minimum absolute atomic E-state index is 0.204. The lowest BCUT2D eigenvalue weighted by atomic mass is 10.0. The molecule has 0 radical (unpaired) electrons. The molecule has 2 rings (SSSR count). The van der Waals surface area contributed by atoms with E-state index in [1.807, 2.05) is 13.0 Å². The van der Waals surface area contributed by atoms with E-state index in [0.29, 0.717) is 10.1 Å². The molecule has 1 aromatic carbocycles. The zero-order valence-electron chi connectivity index (χ0n) is 11.7. The summed E-state index contributed by atoms with van der Waals surface area (Å²) in [7, 11) is 0. The molecule has 2 N–H and O–H groups in total. The maximum atomic E-state index is 12.6. The molecule has 1 heterocycles. The number of anilines is 1. The van der Waals surface area contributed by atoms with E-state index in [2.05, 4.69) is 10.3 Å². The summed E-state index contributed by atoms with van der Waals surface area (Å²) in [6.07, 6.45) is 0. The fourth-order valence-electron chi connectivity index (χ4n) is 1.85. The SMILES string of the molecule is CCSC1=NC(=N)C(C(C)=O)(C(=O)Nc2ccccc2)S1. The monoisotopic (exact) mass is 321 g/mol. The number of amidine groups is 1. The molecule has 1 aromatic rings. The predicted octanol–water partition coefficient (Wildman–Crippen LogP) is 2.79. The smallest absolute Gasteiger partial charge is 0.256 e. The van der Waals surface area contributed by atoms with Crippen LogP contribution in [0.4, 0.5) is 5.69 Å². The lowest BCUT2D eigenvalue weighted by Gasteiger charge is -2.22. The summed E-state index contributed by atoms with van der Waals surface area (Å²) in [5, 5.41) is 10.7.